The summed E-state index contributed by atoms with van der Waals surface area (Å²) in [7, 11) is 0. The van der Waals surface area contributed by atoms with Crippen molar-refractivity contribution < 1.29 is 9.47 Å². The van der Waals surface area contributed by atoms with Gasteiger partial charge in [-0.25, -0.2) is 0 Å². The minimum absolute atomic E-state index is 0.416. The van der Waals surface area contributed by atoms with E-state index in [0.29, 0.717) is 18.1 Å². The highest BCUT2D eigenvalue weighted by Gasteiger charge is 2.29. The number of hydrogen-bond acceptors (Lipinski definition) is 3. The smallest absolute Gasteiger partial charge is 0.0730 e. The van der Waals surface area contributed by atoms with Crippen LogP contribution >= 0.6 is 0 Å². The van der Waals surface area contributed by atoms with Gasteiger partial charge in [0.15, 0.2) is 0 Å². The molecule has 100 valence electrons. The van der Waals surface area contributed by atoms with Gasteiger partial charge in [-0.1, -0.05) is 13.8 Å². The summed E-state index contributed by atoms with van der Waals surface area (Å²) >= 11 is 0. The predicted octanol–water partition coefficient (Wildman–Crippen LogP) is 2.21. The van der Waals surface area contributed by atoms with E-state index in [4.69, 9.17) is 9.47 Å². The van der Waals surface area contributed by atoms with Crippen molar-refractivity contribution in [3.8, 4) is 0 Å². The molecule has 2 rings (SSSR count). The summed E-state index contributed by atoms with van der Waals surface area (Å²) in [5, 5.41) is 3.57. The van der Waals surface area contributed by atoms with Crippen molar-refractivity contribution in [1.82, 2.24) is 5.32 Å². The monoisotopic (exact) mass is 241 g/mol. The summed E-state index contributed by atoms with van der Waals surface area (Å²) in [5.41, 5.74) is 0. The topological polar surface area (TPSA) is 30.5 Å². The Bertz CT molecular complexity index is 216. The third-order valence-corrected chi connectivity index (χ3v) is 4.09. The molecule has 0 aromatic heterocycles. The Morgan fingerprint density at radius 1 is 1.29 bits per heavy atom. The molecule has 0 amide bonds. The SMILES string of the molecule is CCNC1CCC(C)CC1OCC1CCOC1. The van der Waals surface area contributed by atoms with E-state index in [1.165, 1.54) is 25.7 Å². The number of likely N-dealkylation sites (N-methyl/N-ethyl adjacent to an activating group) is 1. The summed E-state index contributed by atoms with van der Waals surface area (Å²) in [6.45, 7) is 8.28. The molecule has 1 aliphatic carbocycles. The van der Waals surface area contributed by atoms with E-state index in [2.05, 4.69) is 19.2 Å². The highest BCUT2D eigenvalue weighted by Crippen LogP contribution is 2.27. The van der Waals surface area contributed by atoms with Crippen molar-refractivity contribution in [1.29, 1.82) is 0 Å². The van der Waals surface area contributed by atoms with E-state index >= 15 is 0 Å². The maximum Gasteiger partial charge on any atom is 0.0730 e. The van der Waals surface area contributed by atoms with Gasteiger partial charge >= 0.3 is 0 Å². The zero-order valence-electron chi connectivity index (χ0n) is 11.3. The van der Waals surface area contributed by atoms with Crippen LogP contribution in [0.2, 0.25) is 0 Å². The fourth-order valence-corrected chi connectivity index (χ4v) is 2.98. The molecular weight excluding hydrogens is 214 g/mol. The lowest BCUT2D eigenvalue weighted by atomic mass is 9.85. The number of nitrogens with one attached hydrogen (secondary N) is 1. The number of hydrogen-bond donors (Lipinski definition) is 1. The number of ether oxygens (including phenoxy) is 2. The fraction of sp³-hybridized carbons (Fsp3) is 1.00. The molecule has 1 heterocycles. The van der Waals surface area contributed by atoms with Gasteiger partial charge in [0.05, 0.1) is 19.3 Å². The zero-order valence-corrected chi connectivity index (χ0v) is 11.3. The van der Waals surface area contributed by atoms with Gasteiger partial charge in [0.1, 0.15) is 0 Å². The highest BCUT2D eigenvalue weighted by atomic mass is 16.5. The molecule has 1 saturated carbocycles. The molecule has 4 atom stereocenters. The van der Waals surface area contributed by atoms with Crippen LogP contribution in [0, 0.1) is 11.8 Å². The highest BCUT2D eigenvalue weighted by molar-refractivity contribution is 4.84. The first kappa shape index (κ1) is 13.3. The van der Waals surface area contributed by atoms with Gasteiger partial charge in [0.2, 0.25) is 0 Å². The zero-order chi connectivity index (χ0) is 12.1. The van der Waals surface area contributed by atoms with Crippen LogP contribution < -0.4 is 5.32 Å². The lowest BCUT2D eigenvalue weighted by molar-refractivity contribution is -0.0240. The molecule has 0 aromatic carbocycles. The lowest BCUT2D eigenvalue weighted by Crippen LogP contribution is -2.45. The van der Waals surface area contributed by atoms with Crippen LogP contribution in [0.3, 0.4) is 0 Å². The summed E-state index contributed by atoms with van der Waals surface area (Å²) in [5.74, 6) is 1.45. The molecule has 3 nitrogen and oxygen atoms in total. The Balaban J connectivity index is 1.77. The van der Waals surface area contributed by atoms with E-state index in [1.807, 2.05) is 0 Å². The molecule has 0 bridgehead atoms. The predicted molar refractivity (Wildman–Crippen MR) is 69.1 cm³/mol. The van der Waals surface area contributed by atoms with Gasteiger partial charge in [-0.2, -0.15) is 0 Å². The van der Waals surface area contributed by atoms with Crippen LogP contribution in [-0.4, -0.2) is 38.5 Å². The normalized spacial score (nSPS) is 38.5. The van der Waals surface area contributed by atoms with Crippen LogP contribution in [-0.2, 0) is 9.47 Å². The first-order valence-corrected chi connectivity index (χ1v) is 7.22. The van der Waals surface area contributed by atoms with Gasteiger partial charge in [-0.05, 0) is 38.1 Å². The van der Waals surface area contributed by atoms with Crippen molar-refractivity contribution >= 4 is 0 Å². The molecule has 1 aliphatic heterocycles. The van der Waals surface area contributed by atoms with Gasteiger partial charge < -0.3 is 14.8 Å². The molecule has 1 saturated heterocycles. The van der Waals surface area contributed by atoms with Crippen LogP contribution in [0.4, 0.5) is 0 Å². The van der Waals surface area contributed by atoms with Crippen molar-refractivity contribution in [3.63, 3.8) is 0 Å². The molecule has 3 heteroatoms. The van der Waals surface area contributed by atoms with Crippen LogP contribution in [0.25, 0.3) is 0 Å². The van der Waals surface area contributed by atoms with E-state index in [0.717, 1.165) is 32.3 Å². The number of rotatable bonds is 5. The summed E-state index contributed by atoms with van der Waals surface area (Å²) in [4.78, 5) is 0. The largest absolute Gasteiger partial charge is 0.381 e. The molecule has 2 fully saturated rings. The average molecular weight is 241 g/mol. The molecule has 0 radical (unpaired) electrons. The maximum atomic E-state index is 6.16. The van der Waals surface area contributed by atoms with Gasteiger partial charge in [0, 0.05) is 18.6 Å². The van der Waals surface area contributed by atoms with Gasteiger partial charge in [-0.3, -0.25) is 0 Å². The third-order valence-electron chi connectivity index (χ3n) is 4.09. The summed E-state index contributed by atoms with van der Waals surface area (Å²) in [6.07, 6.45) is 5.41. The Morgan fingerprint density at radius 3 is 2.88 bits per heavy atom. The molecular formula is C14H27NO2. The summed E-state index contributed by atoms with van der Waals surface area (Å²) < 4.78 is 11.6. The molecule has 4 unspecified atom stereocenters. The first-order valence-electron chi connectivity index (χ1n) is 7.22. The van der Waals surface area contributed by atoms with Crippen molar-refractivity contribution in [3.05, 3.63) is 0 Å². The Labute approximate surface area is 105 Å². The van der Waals surface area contributed by atoms with E-state index < -0.39 is 0 Å². The summed E-state index contributed by atoms with van der Waals surface area (Å²) in [6, 6.07) is 0.568. The standard InChI is InChI=1S/C14H27NO2/c1-3-15-13-5-4-11(2)8-14(13)17-10-12-6-7-16-9-12/h11-15H,3-10H2,1-2H3. The maximum absolute atomic E-state index is 6.16. The molecule has 0 aromatic rings. The second kappa shape index (κ2) is 6.72. The quantitative estimate of drug-likeness (QED) is 0.800. The molecule has 2 aliphatic rings. The Morgan fingerprint density at radius 2 is 2.18 bits per heavy atom. The second-order valence-electron chi connectivity index (χ2n) is 5.68. The van der Waals surface area contributed by atoms with Gasteiger partial charge in [-0.15, -0.1) is 0 Å². The minimum Gasteiger partial charge on any atom is -0.381 e. The third kappa shape index (κ3) is 3.94. The molecule has 1 N–H and O–H groups in total. The Hall–Kier alpha value is -0.120. The Kier molecular flexibility index (Phi) is 5.26. The van der Waals surface area contributed by atoms with E-state index in [1.54, 1.807) is 0 Å². The fourth-order valence-electron chi connectivity index (χ4n) is 2.98. The molecule has 17 heavy (non-hydrogen) atoms. The average Bonchev–Trinajstić information content (AvgIpc) is 2.82. The lowest BCUT2D eigenvalue weighted by Gasteiger charge is -2.35. The van der Waals surface area contributed by atoms with E-state index in [-0.39, 0.29) is 0 Å². The first-order chi connectivity index (χ1) is 8.29. The molecule has 0 spiro atoms. The van der Waals surface area contributed by atoms with Crippen molar-refractivity contribution in [2.24, 2.45) is 11.8 Å². The van der Waals surface area contributed by atoms with Crippen molar-refractivity contribution in [2.75, 3.05) is 26.4 Å². The second-order valence-corrected chi connectivity index (χ2v) is 5.68. The van der Waals surface area contributed by atoms with Crippen LogP contribution in [0.5, 0.6) is 0 Å². The minimum atomic E-state index is 0.416. The van der Waals surface area contributed by atoms with E-state index in [9.17, 15) is 0 Å². The van der Waals surface area contributed by atoms with Crippen LogP contribution in [0.15, 0.2) is 0 Å². The van der Waals surface area contributed by atoms with Crippen molar-refractivity contribution in [2.45, 2.75) is 51.7 Å². The van der Waals surface area contributed by atoms with Crippen LogP contribution in [0.1, 0.15) is 39.5 Å². The van der Waals surface area contributed by atoms with Gasteiger partial charge in [0.25, 0.3) is 0 Å².